The Labute approximate surface area is 200 Å². The molecule has 0 aliphatic heterocycles. The van der Waals surface area contributed by atoms with Gasteiger partial charge in [-0.25, -0.2) is 4.79 Å². The number of halogens is 3. The van der Waals surface area contributed by atoms with Gasteiger partial charge in [0.15, 0.2) is 6.61 Å². The first-order valence-corrected chi connectivity index (χ1v) is 11.1. The molecule has 0 aromatic heterocycles. The van der Waals surface area contributed by atoms with Gasteiger partial charge in [0.25, 0.3) is 5.91 Å². The number of carbonyl (C=O) groups excluding carboxylic acids is 1. The lowest BCUT2D eigenvalue weighted by Crippen LogP contribution is -2.51. The van der Waals surface area contributed by atoms with Crippen molar-refractivity contribution in [3.8, 4) is 11.8 Å². The molecule has 2 aromatic carbocycles. The topological polar surface area (TPSA) is 120 Å². The van der Waals surface area contributed by atoms with E-state index in [9.17, 15) is 27.9 Å². The molecule has 1 unspecified atom stereocenters. The lowest BCUT2D eigenvalue weighted by atomic mass is 9.73. The molecule has 10 heteroatoms. The smallest absolute Gasteiger partial charge is 0.417 e. The van der Waals surface area contributed by atoms with Crippen LogP contribution in [0.15, 0.2) is 42.5 Å². The number of amides is 1. The molecular formula is C25H25F3N2O5. The summed E-state index contributed by atoms with van der Waals surface area (Å²) in [6.07, 6.45) is -1.42. The van der Waals surface area contributed by atoms with Crippen molar-refractivity contribution in [2.45, 2.75) is 50.3 Å². The zero-order valence-corrected chi connectivity index (χ0v) is 18.8. The van der Waals surface area contributed by atoms with Crippen LogP contribution >= 0.6 is 0 Å². The number of benzene rings is 2. The van der Waals surface area contributed by atoms with Crippen LogP contribution in [0, 0.1) is 17.2 Å². The molecule has 1 aliphatic carbocycles. The van der Waals surface area contributed by atoms with Crippen LogP contribution in [0.3, 0.4) is 0 Å². The third-order valence-electron chi connectivity index (χ3n) is 6.16. The fourth-order valence-corrected chi connectivity index (χ4v) is 4.40. The monoisotopic (exact) mass is 490 g/mol. The van der Waals surface area contributed by atoms with Gasteiger partial charge < -0.3 is 20.3 Å². The maximum atomic E-state index is 13.4. The van der Waals surface area contributed by atoms with Crippen molar-refractivity contribution in [3.63, 3.8) is 0 Å². The second-order valence-electron chi connectivity index (χ2n) is 8.55. The number of nitrogens with one attached hydrogen (secondary N) is 1. The number of carbonyl (C=O) groups is 2. The highest BCUT2D eigenvalue weighted by molar-refractivity contribution is 5.98. The van der Waals surface area contributed by atoms with Crippen LogP contribution in [0.4, 0.5) is 18.9 Å². The first-order valence-electron chi connectivity index (χ1n) is 11.1. The van der Waals surface area contributed by atoms with Gasteiger partial charge in [-0.15, -0.1) is 0 Å². The van der Waals surface area contributed by atoms with Crippen LogP contribution in [-0.4, -0.2) is 34.3 Å². The van der Waals surface area contributed by atoms with Crippen molar-refractivity contribution in [1.29, 1.82) is 5.26 Å². The summed E-state index contributed by atoms with van der Waals surface area (Å²) in [6, 6.07) is 10.7. The van der Waals surface area contributed by atoms with Crippen LogP contribution in [0.1, 0.15) is 48.8 Å². The minimum Gasteiger partial charge on any atom is -0.482 e. The number of carboxylic acids is 1. The van der Waals surface area contributed by atoms with Gasteiger partial charge in [-0.05, 0) is 48.6 Å². The van der Waals surface area contributed by atoms with E-state index in [2.05, 4.69) is 5.32 Å². The van der Waals surface area contributed by atoms with Crippen molar-refractivity contribution >= 4 is 17.6 Å². The molecule has 1 amide bonds. The Bertz CT molecular complexity index is 1120. The van der Waals surface area contributed by atoms with Crippen molar-refractivity contribution in [3.05, 3.63) is 59.2 Å². The van der Waals surface area contributed by atoms with Gasteiger partial charge in [0.1, 0.15) is 11.4 Å². The maximum Gasteiger partial charge on any atom is 0.417 e. The number of rotatable bonds is 8. The quantitative estimate of drug-likeness (QED) is 0.500. The van der Waals surface area contributed by atoms with E-state index in [1.807, 2.05) is 0 Å². The Balaban J connectivity index is 1.94. The van der Waals surface area contributed by atoms with Gasteiger partial charge in [0, 0.05) is 12.1 Å². The minimum absolute atomic E-state index is 0.190. The molecule has 0 radical (unpaired) electrons. The fourth-order valence-electron chi connectivity index (χ4n) is 4.40. The lowest BCUT2D eigenvalue weighted by molar-refractivity contribution is -0.142. The second kappa shape index (κ2) is 10.8. The number of ether oxygens (including phenoxy) is 1. The Hall–Kier alpha value is -3.58. The van der Waals surface area contributed by atoms with E-state index in [1.54, 1.807) is 18.2 Å². The number of hydrogen-bond donors (Lipinski definition) is 3. The van der Waals surface area contributed by atoms with E-state index in [0.717, 1.165) is 25.3 Å². The molecule has 3 rings (SSSR count). The van der Waals surface area contributed by atoms with Gasteiger partial charge in [-0.2, -0.15) is 18.4 Å². The van der Waals surface area contributed by atoms with Crippen molar-refractivity contribution in [2.75, 3.05) is 11.9 Å². The first-order chi connectivity index (χ1) is 16.5. The van der Waals surface area contributed by atoms with E-state index < -0.39 is 47.3 Å². The summed E-state index contributed by atoms with van der Waals surface area (Å²) in [7, 11) is 0. The molecule has 0 heterocycles. The van der Waals surface area contributed by atoms with Gasteiger partial charge in [-0.1, -0.05) is 37.5 Å². The average Bonchev–Trinajstić information content (AvgIpc) is 2.83. The Kier molecular flexibility index (Phi) is 8.02. The number of carboxylic acid groups (broad SMARTS) is 1. The molecule has 7 nitrogen and oxygen atoms in total. The van der Waals surface area contributed by atoms with Crippen molar-refractivity contribution in [1.82, 2.24) is 0 Å². The molecule has 35 heavy (non-hydrogen) atoms. The van der Waals surface area contributed by atoms with Gasteiger partial charge in [0.2, 0.25) is 0 Å². The zero-order chi connectivity index (χ0) is 25.6. The molecule has 1 aliphatic rings. The van der Waals surface area contributed by atoms with Gasteiger partial charge >= 0.3 is 12.1 Å². The summed E-state index contributed by atoms with van der Waals surface area (Å²) < 4.78 is 45.4. The van der Waals surface area contributed by atoms with Crippen LogP contribution in [0.2, 0.25) is 0 Å². The predicted molar refractivity (Wildman–Crippen MR) is 120 cm³/mol. The number of nitrogens with zero attached hydrogens (tertiary/aromatic N) is 1. The summed E-state index contributed by atoms with van der Waals surface area (Å²) >= 11 is 0. The Morgan fingerprint density at radius 3 is 2.43 bits per heavy atom. The SMILES string of the molecule is N#Cc1ccc(NC(=O)C(O)(Cc2ccccc2OCC(=O)O)C2CCCCC2)cc1C(F)(F)F. The first kappa shape index (κ1) is 26.0. The molecule has 186 valence electrons. The van der Waals surface area contributed by atoms with Crippen molar-refractivity contribution in [2.24, 2.45) is 5.92 Å². The summed E-state index contributed by atoms with van der Waals surface area (Å²) in [6.45, 7) is -0.615. The van der Waals surface area contributed by atoms with E-state index in [1.165, 1.54) is 18.2 Å². The minimum atomic E-state index is -4.80. The number of alkyl halides is 3. The van der Waals surface area contributed by atoms with Gasteiger partial charge in [0.05, 0.1) is 17.2 Å². The van der Waals surface area contributed by atoms with E-state index >= 15 is 0 Å². The number of nitriles is 1. The number of aliphatic carboxylic acids is 1. The predicted octanol–water partition coefficient (Wildman–Crippen LogP) is 4.53. The number of aliphatic hydroxyl groups is 1. The average molecular weight is 490 g/mol. The molecule has 0 bridgehead atoms. The molecule has 3 N–H and O–H groups in total. The third kappa shape index (κ3) is 6.31. The van der Waals surface area contributed by atoms with Crippen LogP contribution in [-0.2, 0) is 22.2 Å². The largest absolute Gasteiger partial charge is 0.482 e. The summed E-state index contributed by atoms with van der Waals surface area (Å²) in [5.74, 6) is -2.35. The zero-order valence-electron chi connectivity index (χ0n) is 18.8. The highest BCUT2D eigenvalue weighted by Crippen LogP contribution is 2.38. The summed E-state index contributed by atoms with van der Waals surface area (Å²) in [5, 5.41) is 32.0. The normalized spacial score (nSPS) is 16.1. The molecule has 2 aromatic rings. The third-order valence-corrected chi connectivity index (χ3v) is 6.16. The lowest BCUT2D eigenvalue weighted by Gasteiger charge is -2.37. The number of anilines is 1. The Morgan fingerprint density at radius 1 is 1.11 bits per heavy atom. The summed E-state index contributed by atoms with van der Waals surface area (Å²) in [4.78, 5) is 24.3. The molecule has 1 atom stereocenters. The Morgan fingerprint density at radius 2 is 1.80 bits per heavy atom. The van der Waals surface area contributed by atoms with Crippen LogP contribution < -0.4 is 10.1 Å². The van der Waals surface area contributed by atoms with E-state index in [0.29, 0.717) is 24.5 Å². The molecule has 0 saturated heterocycles. The van der Waals surface area contributed by atoms with Crippen LogP contribution in [0.5, 0.6) is 5.75 Å². The fraction of sp³-hybridized carbons (Fsp3) is 0.400. The second-order valence-corrected chi connectivity index (χ2v) is 8.55. The van der Waals surface area contributed by atoms with Gasteiger partial charge in [-0.3, -0.25) is 4.79 Å². The van der Waals surface area contributed by atoms with Crippen molar-refractivity contribution < 1.29 is 37.7 Å². The standard InChI is InChI=1S/C25H25F3N2O5/c26-25(27,28)20-12-19(11-10-17(20)14-29)30-23(33)24(34,18-7-2-1-3-8-18)13-16-6-4-5-9-21(16)35-15-22(31)32/h4-6,9-12,18,34H,1-3,7-8,13,15H2,(H,30,33)(H,31,32). The highest BCUT2D eigenvalue weighted by atomic mass is 19.4. The summed E-state index contributed by atoms with van der Waals surface area (Å²) in [5.41, 5.74) is -3.57. The molecule has 1 fully saturated rings. The molecule has 1 saturated carbocycles. The van der Waals surface area contributed by atoms with E-state index in [4.69, 9.17) is 15.1 Å². The molecular weight excluding hydrogens is 465 g/mol. The molecule has 0 spiro atoms. The highest BCUT2D eigenvalue weighted by Gasteiger charge is 2.45. The number of para-hydroxylation sites is 1. The van der Waals surface area contributed by atoms with Crippen LogP contribution in [0.25, 0.3) is 0 Å². The number of hydrogen-bond acceptors (Lipinski definition) is 5. The van der Waals surface area contributed by atoms with E-state index in [-0.39, 0.29) is 17.9 Å². The maximum absolute atomic E-state index is 13.4.